The first-order valence-electron chi connectivity index (χ1n) is 6.07. The molecule has 0 aromatic heterocycles. The van der Waals surface area contributed by atoms with Gasteiger partial charge in [0.25, 0.3) is 0 Å². The van der Waals surface area contributed by atoms with Crippen LogP contribution >= 0.6 is 0 Å². The molecule has 6 heteroatoms. The maximum Gasteiger partial charge on any atom is 0.338 e. The molecule has 0 saturated carbocycles. The lowest BCUT2D eigenvalue weighted by Gasteiger charge is -2.12. The van der Waals surface area contributed by atoms with E-state index in [4.69, 9.17) is 9.84 Å². The van der Waals surface area contributed by atoms with Gasteiger partial charge in [-0.25, -0.2) is 9.59 Å². The van der Waals surface area contributed by atoms with Gasteiger partial charge in [-0.3, -0.25) is 4.79 Å². The third kappa shape index (κ3) is 3.89. The van der Waals surface area contributed by atoms with E-state index < -0.39 is 18.0 Å². The number of ether oxygens (including phenoxy) is 1. The highest BCUT2D eigenvalue weighted by molar-refractivity contribution is 5.93. The third-order valence-corrected chi connectivity index (χ3v) is 2.62. The standard InChI is InChI=1S/C14H16O6/c1-3-20-14(19)11-7-10(12(16)13(17)18)5-4-9(11)6-8(2)15/h4-5,7,12,16H,3,6H2,1-2H3,(H,17,18). The fourth-order valence-corrected chi connectivity index (χ4v) is 1.73. The van der Waals surface area contributed by atoms with Gasteiger partial charge in [0.2, 0.25) is 0 Å². The molecule has 108 valence electrons. The Hall–Kier alpha value is -2.21. The fraction of sp³-hybridized carbons (Fsp3) is 0.357. The van der Waals surface area contributed by atoms with E-state index in [0.29, 0.717) is 5.56 Å². The number of benzene rings is 1. The topological polar surface area (TPSA) is 101 Å². The van der Waals surface area contributed by atoms with Gasteiger partial charge < -0.3 is 14.9 Å². The number of carboxylic acid groups (broad SMARTS) is 1. The Morgan fingerprint density at radius 3 is 2.45 bits per heavy atom. The number of rotatable bonds is 6. The van der Waals surface area contributed by atoms with E-state index in [1.165, 1.54) is 25.1 Å². The van der Waals surface area contributed by atoms with Crippen molar-refractivity contribution in [1.29, 1.82) is 0 Å². The van der Waals surface area contributed by atoms with Gasteiger partial charge in [0, 0.05) is 6.42 Å². The van der Waals surface area contributed by atoms with Crippen molar-refractivity contribution in [2.24, 2.45) is 0 Å². The molecule has 0 aliphatic heterocycles. The maximum atomic E-state index is 11.8. The van der Waals surface area contributed by atoms with Crippen molar-refractivity contribution in [3.8, 4) is 0 Å². The van der Waals surface area contributed by atoms with Crippen LogP contribution in [0.25, 0.3) is 0 Å². The molecule has 6 nitrogen and oxygen atoms in total. The van der Waals surface area contributed by atoms with Crippen molar-refractivity contribution in [1.82, 2.24) is 0 Å². The van der Waals surface area contributed by atoms with Crippen LogP contribution in [0.1, 0.15) is 41.4 Å². The third-order valence-electron chi connectivity index (χ3n) is 2.62. The lowest BCUT2D eigenvalue weighted by atomic mass is 9.97. The summed E-state index contributed by atoms with van der Waals surface area (Å²) in [6.07, 6.45) is -1.69. The molecule has 0 amide bonds. The lowest BCUT2D eigenvalue weighted by Crippen LogP contribution is -2.14. The fourth-order valence-electron chi connectivity index (χ4n) is 1.73. The molecule has 1 aromatic carbocycles. The quantitative estimate of drug-likeness (QED) is 0.757. The summed E-state index contributed by atoms with van der Waals surface area (Å²) >= 11 is 0. The van der Waals surface area contributed by atoms with Crippen LogP contribution in [0.2, 0.25) is 0 Å². The van der Waals surface area contributed by atoms with Crippen LogP contribution in [-0.2, 0) is 20.7 Å². The number of hydrogen-bond acceptors (Lipinski definition) is 5. The van der Waals surface area contributed by atoms with E-state index in [1.807, 2.05) is 0 Å². The summed E-state index contributed by atoms with van der Waals surface area (Å²) < 4.78 is 4.87. The summed E-state index contributed by atoms with van der Waals surface area (Å²) in [7, 11) is 0. The zero-order chi connectivity index (χ0) is 15.3. The van der Waals surface area contributed by atoms with Gasteiger partial charge in [-0.2, -0.15) is 0 Å². The number of ketones is 1. The van der Waals surface area contributed by atoms with Crippen LogP contribution in [0.5, 0.6) is 0 Å². The monoisotopic (exact) mass is 280 g/mol. The molecular formula is C14H16O6. The Labute approximate surface area is 116 Å². The van der Waals surface area contributed by atoms with Crippen molar-refractivity contribution in [2.75, 3.05) is 6.61 Å². The number of carbonyl (C=O) groups excluding carboxylic acids is 2. The van der Waals surface area contributed by atoms with Gasteiger partial charge in [0.15, 0.2) is 6.10 Å². The molecule has 1 unspecified atom stereocenters. The largest absolute Gasteiger partial charge is 0.479 e. The molecule has 20 heavy (non-hydrogen) atoms. The van der Waals surface area contributed by atoms with Gasteiger partial charge >= 0.3 is 11.9 Å². The van der Waals surface area contributed by atoms with Gasteiger partial charge in [-0.1, -0.05) is 12.1 Å². The molecule has 0 aliphatic carbocycles. The molecule has 0 bridgehead atoms. The minimum Gasteiger partial charge on any atom is -0.479 e. The van der Waals surface area contributed by atoms with Gasteiger partial charge in [0.1, 0.15) is 5.78 Å². The molecule has 0 spiro atoms. The molecule has 1 rings (SSSR count). The Balaban J connectivity index is 3.24. The number of aliphatic hydroxyl groups excluding tert-OH is 1. The van der Waals surface area contributed by atoms with E-state index in [-0.39, 0.29) is 29.9 Å². The maximum absolute atomic E-state index is 11.8. The minimum atomic E-state index is -1.73. The van der Waals surface area contributed by atoms with Crippen LogP contribution in [-0.4, -0.2) is 34.5 Å². The first-order chi connectivity index (χ1) is 9.36. The van der Waals surface area contributed by atoms with E-state index in [0.717, 1.165) is 0 Å². The van der Waals surface area contributed by atoms with Crippen LogP contribution in [0, 0.1) is 0 Å². The number of aliphatic carboxylic acids is 1. The smallest absolute Gasteiger partial charge is 0.338 e. The second kappa shape index (κ2) is 6.81. The second-order valence-electron chi connectivity index (χ2n) is 4.26. The molecule has 0 radical (unpaired) electrons. The number of Topliss-reactive ketones (excluding diaryl/α,β-unsaturated/α-hetero) is 1. The number of aliphatic hydroxyl groups is 1. The van der Waals surface area contributed by atoms with Crippen molar-refractivity contribution in [2.45, 2.75) is 26.4 Å². The Morgan fingerprint density at radius 2 is 1.95 bits per heavy atom. The van der Waals surface area contributed by atoms with Crippen LogP contribution in [0.4, 0.5) is 0 Å². The number of hydrogen-bond donors (Lipinski definition) is 2. The minimum absolute atomic E-state index is 0.0393. The number of esters is 1. The van der Waals surface area contributed by atoms with Crippen LogP contribution < -0.4 is 0 Å². The van der Waals surface area contributed by atoms with Crippen molar-refractivity contribution in [3.05, 3.63) is 34.9 Å². The van der Waals surface area contributed by atoms with E-state index >= 15 is 0 Å². The summed E-state index contributed by atoms with van der Waals surface area (Å²) in [6, 6.07) is 4.07. The molecule has 0 aliphatic rings. The van der Waals surface area contributed by atoms with Crippen LogP contribution in [0.15, 0.2) is 18.2 Å². The Morgan fingerprint density at radius 1 is 1.30 bits per heavy atom. The van der Waals surface area contributed by atoms with Crippen LogP contribution in [0.3, 0.4) is 0 Å². The molecule has 1 aromatic rings. The number of carbonyl (C=O) groups is 3. The molecule has 0 heterocycles. The normalized spacial score (nSPS) is 11.8. The lowest BCUT2D eigenvalue weighted by molar-refractivity contribution is -0.147. The van der Waals surface area contributed by atoms with Crippen molar-refractivity contribution < 1.29 is 29.3 Å². The first-order valence-corrected chi connectivity index (χ1v) is 6.07. The molecule has 2 N–H and O–H groups in total. The highest BCUT2D eigenvalue weighted by Crippen LogP contribution is 2.20. The molecule has 0 saturated heterocycles. The summed E-state index contributed by atoms with van der Waals surface area (Å²) in [5.74, 6) is -2.20. The SMILES string of the molecule is CCOC(=O)c1cc(C(O)C(=O)O)ccc1CC(C)=O. The summed E-state index contributed by atoms with van der Waals surface area (Å²) in [6.45, 7) is 3.18. The first kappa shape index (κ1) is 15.8. The highest BCUT2D eigenvalue weighted by atomic mass is 16.5. The molecular weight excluding hydrogens is 264 g/mol. The summed E-state index contributed by atoms with van der Waals surface area (Å²) in [5.41, 5.74) is 0.602. The average molecular weight is 280 g/mol. The van der Waals surface area contributed by atoms with E-state index in [2.05, 4.69) is 0 Å². The average Bonchev–Trinajstić information content (AvgIpc) is 2.37. The molecule has 0 fully saturated rings. The highest BCUT2D eigenvalue weighted by Gasteiger charge is 2.20. The summed E-state index contributed by atoms with van der Waals surface area (Å²) in [4.78, 5) is 33.8. The zero-order valence-electron chi connectivity index (χ0n) is 11.3. The zero-order valence-corrected chi connectivity index (χ0v) is 11.3. The Bertz CT molecular complexity index is 534. The predicted molar refractivity (Wildman–Crippen MR) is 69.4 cm³/mol. The van der Waals surface area contributed by atoms with Gasteiger partial charge in [-0.15, -0.1) is 0 Å². The van der Waals surface area contributed by atoms with E-state index in [1.54, 1.807) is 6.92 Å². The summed E-state index contributed by atoms with van der Waals surface area (Å²) in [5, 5.41) is 18.3. The van der Waals surface area contributed by atoms with Crippen molar-refractivity contribution >= 4 is 17.7 Å². The second-order valence-corrected chi connectivity index (χ2v) is 4.26. The van der Waals surface area contributed by atoms with Gasteiger partial charge in [0.05, 0.1) is 12.2 Å². The van der Waals surface area contributed by atoms with Crippen molar-refractivity contribution in [3.63, 3.8) is 0 Å². The predicted octanol–water partition coefficient (Wildman–Crippen LogP) is 1.11. The van der Waals surface area contributed by atoms with E-state index in [9.17, 15) is 19.5 Å². The van der Waals surface area contributed by atoms with Gasteiger partial charge in [-0.05, 0) is 31.0 Å². The Kier molecular flexibility index (Phi) is 5.40. The molecule has 1 atom stereocenters. The number of carboxylic acids is 1.